The fourth-order valence-electron chi connectivity index (χ4n) is 1.54. The van der Waals surface area contributed by atoms with Crippen LogP contribution >= 0.6 is 12.4 Å². The van der Waals surface area contributed by atoms with Crippen LogP contribution in [-0.2, 0) is 11.6 Å². The van der Waals surface area contributed by atoms with Crippen molar-refractivity contribution >= 4 is 12.4 Å². The van der Waals surface area contributed by atoms with Crippen molar-refractivity contribution in [2.45, 2.75) is 25.4 Å². The van der Waals surface area contributed by atoms with Crippen LogP contribution in [0, 0.1) is 0 Å². The van der Waals surface area contributed by atoms with E-state index in [2.05, 4.69) is 10.1 Å². The maximum Gasteiger partial charge on any atom is 0.416 e. The molecule has 2 rings (SSSR count). The standard InChI is InChI=1S/C13H14F3N3O.ClH/c1-12(2,7-17)11-18-10(19-20-11)8-4-3-5-9(6-8)13(14,15)16;/h3-6H,7,17H2,1-2H3;1H. The van der Waals surface area contributed by atoms with Gasteiger partial charge in [0.05, 0.1) is 11.0 Å². The van der Waals surface area contributed by atoms with Crippen LogP contribution in [-0.4, -0.2) is 16.7 Å². The number of alkyl halides is 3. The number of hydrogen-bond donors (Lipinski definition) is 1. The number of nitrogens with two attached hydrogens (primary N) is 1. The molecule has 0 amide bonds. The van der Waals surface area contributed by atoms with Gasteiger partial charge in [0.15, 0.2) is 0 Å². The van der Waals surface area contributed by atoms with Crippen LogP contribution in [0.2, 0.25) is 0 Å². The normalized spacial score (nSPS) is 12.1. The maximum atomic E-state index is 12.7. The molecule has 0 radical (unpaired) electrons. The number of halogens is 4. The van der Waals surface area contributed by atoms with Gasteiger partial charge in [-0.1, -0.05) is 17.3 Å². The first-order valence-corrected chi connectivity index (χ1v) is 5.96. The van der Waals surface area contributed by atoms with Gasteiger partial charge in [0, 0.05) is 12.1 Å². The first-order chi connectivity index (χ1) is 9.24. The van der Waals surface area contributed by atoms with E-state index in [1.807, 2.05) is 13.8 Å². The first-order valence-electron chi connectivity index (χ1n) is 5.96. The molecule has 8 heteroatoms. The zero-order valence-electron chi connectivity index (χ0n) is 11.4. The van der Waals surface area contributed by atoms with Crippen molar-refractivity contribution in [3.05, 3.63) is 35.7 Å². The molecule has 0 saturated heterocycles. The van der Waals surface area contributed by atoms with E-state index < -0.39 is 17.2 Å². The molecule has 0 aliphatic carbocycles. The van der Waals surface area contributed by atoms with Crippen LogP contribution < -0.4 is 5.73 Å². The summed E-state index contributed by atoms with van der Waals surface area (Å²) < 4.78 is 43.0. The molecular formula is C13H15ClF3N3O. The Balaban J connectivity index is 0.00000220. The summed E-state index contributed by atoms with van der Waals surface area (Å²) in [6, 6.07) is 4.79. The van der Waals surface area contributed by atoms with Gasteiger partial charge >= 0.3 is 6.18 Å². The Hall–Kier alpha value is -1.60. The highest BCUT2D eigenvalue weighted by atomic mass is 35.5. The van der Waals surface area contributed by atoms with Gasteiger partial charge in [-0.15, -0.1) is 12.4 Å². The number of nitrogens with zero attached hydrogens (tertiary/aromatic N) is 2. The second-order valence-corrected chi connectivity index (χ2v) is 5.09. The second-order valence-electron chi connectivity index (χ2n) is 5.09. The quantitative estimate of drug-likeness (QED) is 0.940. The molecule has 0 saturated carbocycles. The molecule has 4 nitrogen and oxygen atoms in total. The lowest BCUT2D eigenvalue weighted by atomic mass is 9.94. The molecule has 2 aromatic rings. The Morgan fingerprint density at radius 2 is 1.90 bits per heavy atom. The molecule has 0 bridgehead atoms. The molecule has 0 spiro atoms. The van der Waals surface area contributed by atoms with E-state index in [9.17, 15) is 13.2 Å². The summed E-state index contributed by atoms with van der Waals surface area (Å²) in [6.07, 6.45) is -4.40. The van der Waals surface area contributed by atoms with Crippen LogP contribution in [0.3, 0.4) is 0 Å². The molecule has 0 fully saturated rings. The SMILES string of the molecule is CC(C)(CN)c1nc(-c2cccc(C(F)(F)F)c2)no1.Cl. The molecule has 0 atom stereocenters. The molecule has 1 heterocycles. The van der Waals surface area contributed by atoms with Crippen molar-refractivity contribution in [1.29, 1.82) is 0 Å². The highest BCUT2D eigenvalue weighted by molar-refractivity contribution is 5.85. The summed E-state index contributed by atoms with van der Waals surface area (Å²) in [5.74, 6) is 0.417. The van der Waals surface area contributed by atoms with E-state index in [-0.39, 0.29) is 30.3 Å². The Morgan fingerprint density at radius 1 is 1.24 bits per heavy atom. The summed E-state index contributed by atoms with van der Waals surface area (Å²) in [6.45, 7) is 3.92. The Labute approximate surface area is 125 Å². The molecule has 2 N–H and O–H groups in total. The lowest BCUT2D eigenvalue weighted by Crippen LogP contribution is -2.28. The van der Waals surface area contributed by atoms with Gasteiger partial charge in [-0.3, -0.25) is 0 Å². The molecule has 116 valence electrons. The fourth-order valence-corrected chi connectivity index (χ4v) is 1.54. The molecule has 21 heavy (non-hydrogen) atoms. The monoisotopic (exact) mass is 321 g/mol. The summed E-state index contributed by atoms with van der Waals surface area (Å²) >= 11 is 0. The van der Waals surface area contributed by atoms with Crippen LogP contribution in [0.15, 0.2) is 28.8 Å². The van der Waals surface area contributed by atoms with E-state index >= 15 is 0 Å². The molecule has 0 unspecified atom stereocenters. The van der Waals surface area contributed by atoms with Gasteiger partial charge in [0.1, 0.15) is 0 Å². The Morgan fingerprint density at radius 3 is 2.48 bits per heavy atom. The van der Waals surface area contributed by atoms with Crippen LogP contribution in [0.4, 0.5) is 13.2 Å². The zero-order valence-corrected chi connectivity index (χ0v) is 12.3. The summed E-state index contributed by atoms with van der Waals surface area (Å²) in [7, 11) is 0. The summed E-state index contributed by atoms with van der Waals surface area (Å²) in [5.41, 5.74) is 4.57. The van der Waals surface area contributed by atoms with E-state index in [4.69, 9.17) is 10.3 Å². The van der Waals surface area contributed by atoms with Crippen molar-refractivity contribution in [3.63, 3.8) is 0 Å². The molecule has 0 aliphatic heterocycles. The third kappa shape index (κ3) is 3.74. The topological polar surface area (TPSA) is 64.9 Å². The highest BCUT2D eigenvalue weighted by Gasteiger charge is 2.31. The van der Waals surface area contributed by atoms with Crippen molar-refractivity contribution in [1.82, 2.24) is 10.1 Å². The summed E-state index contributed by atoms with van der Waals surface area (Å²) in [5, 5.41) is 3.71. The van der Waals surface area contributed by atoms with Crippen LogP contribution in [0.25, 0.3) is 11.4 Å². The lowest BCUT2D eigenvalue weighted by molar-refractivity contribution is -0.137. The molecule has 1 aromatic carbocycles. The highest BCUT2D eigenvalue weighted by Crippen LogP contribution is 2.32. The lowest BCUT2D eigenvalue weighted by Gasteiger charge is -2.15. The maximum absolute atomic E-state index is 12.7. The van der Waals surface area contributed by atoms with E-state index in [1.165, 1.54) is 12.1 Å². The third-order valence-electron chi connectivity index (χ3n) is 2.96. The Kier molecular flexibility index (Phi) is 5.01. The van der Waals surface area contributed by atoms with E-state index in [0.29, 0.717) is 5.89 Å². The van der Waals surface area contributed by atoms with E-state index in [1.54, 1.807) is 0 Å². The van der Waals surface area contributed by atoms with E-state index in [0.717, 1.165) is 12.1 Å². The minimum atomic E-state index is -4.40. The third-order valence-corrected chi connectivity index (χ3v) is 2.96. The van der Waals surface area contributed by atoms with Crippen LogP contribution in [0.1, 0.15) is 25.3 Å². The number of hydrogen-bond acceptors (Lipinski definition) is 4. The second kappa shape index (κ2) is 6.03. The number of benzene rings is 1. The van der Waals surface area contributed by atoms with Crippen LogP contribution in [0.5, 0.6) is 0 Å². The molecule has 0 aliphatic rings. The van der Waals surface area contributed by atoms with Crippen molar-refractivity contribution in [3.8, 4) is 11.4 Å². The predicted molar refractivity (Wildman–Crippen MR) is 74.1 cm³/mol. The van der Waals surface area contributed by atoms with Gasteiger partial charge in [0.2, 0.25) is 11.7 Å². The van der Waals surface area contributed by atoms with Gasteiger partial charge in [-0.2, -0.15) is 18.2 Å². The number of rotatable bonds is 3. The van der Waals surface area contributed by atoms with Gasteiger partial charge in [-0.25, -0.2) is 0 Å². The van der Waals surface area contributed by atoms with Crippen molar-refractivity contribution < 1.29 is 17.7 Å². The van der Waals surface area contributed by atoms with Gasteiger partial charge < -0.3 is 10.3 Å². The van der Waals surface area contributed by atoms with Crippen molar-refractivity contribution in [2.75, 3.05) is 6.54 Å². The van der Waals surface area contributed by atoms with Crippen molar-refractivity contribution in [2.24, 2.45) is 5.73 Å². The zero-order chi connectivity index (χ0) is 15.0. The fraction of sp³-hybridized carbons (Fsp3) is 0.385. The minimum absolute atomic E-state index is 0. The smallest absolute Gasteiger partial charge is 0.338 e. The average molecular weight is 322 g/mol. The average Bonchev–Trinajstić information content (AvgIpc) is 2.88. The Bertz CT molecular complexity index is 611. The largest absolute Gasteiger partial charge is 0.416 e. The number of aromatic nitrogens is 2. The predicted octanol–water partition coefficient (Wildman–Crippen LogP) is 3.41. The molecule has 1 aromatic heterocycles. The summed E-state index contributed by atoms with van der Waals surface area (Å²) in [4.78, 5) is 4.12. The molecular weight excluding hydrogens is 307 g/mol. The van der Waals surface area contributed by atoms with Gasteiger partial charge in [0.25, 0.3) is 0 Å². The first kappa shape index (κ1) is 17.5. The minimum Gasteiger partial charge on any atom is -0.338 e. The van der Waals surface area contributed by atoms with Gasteiger partial charge in [-0.05, 0) is 26.0 Å².